The first kappa shape index (κ1) is 12.5. The normalized spacial score (nSPS) is 10.2. The molecule has 5 heteroatoms. The van der Waals surface area contributed by atoms with Crippen molar-refractivity contribution in [3.63, 3.8) is 0 Å². The van der Waals surface area contributed by atoms with Gasteiger partial charge in [0, 0.05) is 11.8 Å². The van der Waals surface area contributed by atoms with Crippen molar-refractivity contribution in [3.05, 3.63) is 41.0 Å². The average molecular weight is 264 g/mol. The summed E-state index contributed by atoms with van der Waals surface area (Å²) in [5, 5.41) is 3.74. The van der Waals surface area contributed by atoms with Crippen molar-refractivity contribution in [1.82, 2.24) is 4.98 Å². The van der Waals surface area contributed by atoms with Crippen LogP contribution in [0.2, 0.25) is 5.02 Å². The molecule has 1 aromatic heterocycles. The van der Waals surface area contributed by atoms with E-state index in [2.05, 4.69) is 10.3 Å². The Morgan fingerprint density at radius 3 is 2.72 bits per heavy atom. The number of aryl methyl sites for hydroxylation is 1. The minimum absolute atomic E-state index is 0.574. The first-order valence-electron chi connectivity index (χ1n) is 5.44. The van der Waals surface area contributed by atoms with E-state index in [4.69, 9.17) is 22.1 Å². The van der Waals surface area contributed by atoms with Gasteiger partial charge < -0.3 is 15.8 Å². The molecule has 0 aliphatic heterocycles. The smallest absolute Gasteiger partial charge is 0.139 e. The highest BCUT2D eigenvalue weighted by atomic mass is 35.5. The van der Waals surface area contributed by atoms with E-state index >= 15 is 0 Å². The number of anilines is 3. The van der Waals surface area contributed by atoms with E-state index in [0.717, 1.165) is 17.2 Å². The van der Waals surface area contributed by atoms with Crippen molar-refractivity contribution in [2.45, 2.75) is 6.92 Å². The number of aromatic nitrogens is 1. The second kappa shape index (κ2) is 5.14. The molecule has 1 heterocycles. The van der Waals surface area contributed by atoms with Crippen molar-refractivity contribution in [2.24, 2.45) is 0 Å². The topological polar surface area (TPSA) is 60.2 Å². The number of nitrogens with one attached hydrogen (secondary N) is 1. The Morgan fingerprint density at radius 1 is 1.28 bits per heavy atom. The summed E-state index contributed by atoms with van der Waals surface area (Å²) in [6.07, 6.45) is 0. The maximum absolute atomic E-state index is 5.96. The number of benzene rings is 1. The SMILES string of the molecule is COc1cc(Nc2ccc(N)c(C)n2)ccc1Cl. The van der Waals surface area contributed by atoms with Crippen LogP contribution in [-0.2, 0) is 0 Å². The average Bonchev–Trinajstić information content (AvgIpc) is 2.36. The Hall–Kier alpha value is -1.94. The minimum atomic E-state index is 0.574. The van der Waals surface area contributed by atoms with E-state index in [1.165, 1.54) is 0 Å². The van der Waals surface area contributed by atoms with Crippen LogP contribution in [0, 0.1) is 6.92 Å². The van der Waals surface area contributed by atoms with Crippen LogP contribution >= 0.6 is 11.6 Å². The third kappa shape index (κ3) is 2.65. The zero-order chi connectivity index (χ0) is 13.1. The van der Waals surface area contributed by atoms with E-state index in [9.17, 15) is 0 Å². The first-order valence-corrected chi connectivity index (χ1v) is 5.81. The van der Waals surface area contributed by atoms with Crippen LogP contribution < -0.4 is 15.8 Å². The van der Waals surface area contributed by atoms with Crippen LogP contribution in [0.1, 0.15) is 5.69 Å². The van der Waals surface area contributed by atoms with Crippen LogP contribution in [0.15, 0.2) is 30.3 Å². The summed E-state index contributed by atoms with van der Waals surface area (Å²) in [6, 6.07) is 9.09. The third-order valence-corrected chi connectivity index (χ3v) is 2.86. The van der Waals surface area contributed by atoms with Gasteiger partial charge in [-0.05, 0) is 31.2 Å². The van der Waals surface area contributed by atoms with Gasteiger partial charge in [0.15, 0.2) is 0 Å². The highest BCUT2D eigenvalue weighted by Gasteiger charge is 2.03. The number of ether oxygens (including phenoxy) is 1. The second-order valence-electron chi connectivity index (χ2n) is 3.85. The van der Waals surface area contributed by atoms with E-state index in [-0.39, 0.29) is 0 Å². The number of nitrogens with zero attached hydrogens (tertiary/aromatic N) is 1. The van der Waals surface area contributed by atoms with Gasteiger partial charge in [0.1, 0.15) is 11.6 Å². The molecule has 0 amide bonds. The number of hydrogen-bond donors (Lipinski definition) is 2. The van der Waals surface area contributed by atoms with Crippen molar-refractivity contribution in [3.8, 4) is 5.75 Å². The molecule has 0 saturated heterocycles. The fourth-order valence-electron chi connectivity index (χ4n) is 1.53. The zero-order valence-corrected chi connectivity index (χ0v) is 11.0. The molecule has 0 bridgehead atoms. The van der Waals surface area contributed by atoms with Gasteiger partial charge in [0.05, 0.1) is 23.5 Å². The lowest BCUT2D eigenvalue weighted by molar-refractivity contribution is 0.415. The lowest BCUT2D eigenvalue weighted by Crippen LogP contribution is -1.98. The van der Waals surface area contributed by atoms with E-state index in [1.807, 2.05) is 31.2 Å². The molecule has 4 nitrogen and oxygen atoms in total. The van der Waals surface area contributed by atoms with E-state index < -0.39 is 0 Å². The maximum Gasteiger partial charge on any atom is 0.139 e. The minimum Gasteiger partial charge on any atom is -0.495 e. The van der Waals surface area contributed by atoms with Gasteiger partial charge in [-0.15, -0.1) is 0 Å². The van der Waals surface area contributed by atoms with Gasteiger partial charge >= 0.3 is 0 Å². The third-order valence-electron chi connectivity index (χ3n) is 2.55. The van der Waals surface area contributed by atoms with Crippen molar-refractivity contribution < 1.29 is 4.74 Å². The summed E-state index contributed by atoms with van der Waals surface area (Å²) in [4.78, 5) is 4.34. The van der Waals surface area contributed by atoms with Gasteiger partial charge in [-0.25, -0.2) is 4.98 Å². The van der Waals surface area contributed by atoms with Gasteiger partial charge in [-0.3, -0.25) is 0 Å². The van der Waals surface area contributed by atoms with Crippen LogP contribution in [0.5, 0.6) is 5.75 Å². The number of pyridine rings is 1. The van der Waals surface area contributed by atoms with Gasteiger partial charge in [0.25, 0.3) is 0 Å². The van der Waals surface area contributed by atoms with Crippen LogP contribution in [0.25, 0.3) is 0 Å². The predicted octanol–water partition coefficient (Wildman–Crippen LogP) is 3.38. The van der Waals surface area contributed by atoms with Crippen molar-refractivity contribution in [1.29, 1.82) is 0 Å². The lowest BCUT2D eigenvalue weighted by atomic mass is 10.3. The molecule has 0 unspecified atom stereocenters. The molecule has 0 fully saturated rings. The summed E-state index contributed by atoms with van der Waals surface area (Å²) < 4.78 is 5.15. The van der Waals surface area contributed by atoms with Gasteiger partial charge in [0.2, 0.25) is 0 Å². The maximum atomic E-state index is 5.96. The number of nitrogen functional groups attached to an aromatic ring is 1. The number of halogens is 1. The fraction of sp³-hybridized carbons (Fsp3) is 0.154. The fourth-order valence-corrected chi connectivity index (χ4v) is 1.72. The van der Waals surface area contributed by atoms with Crippen LogP contribution in [0.3, 0.4) is 0 Å². The molecule has 1 aromatic carbocycles. The molecular formula is C13H14ClN3O. The Bertz CT molecular complexity index is 572. The molecule has 0 aliphatic carbocycles. The molecule has 2 aromatic rings. The molecule has 3 N–H and O–H groups in total. The highest BCUT2D eigenvalue weighted by Crippen LogP contribution is 2.28. The summed E-state index contributed by atoms with van der Waals surface area (Å²) >= 11 is 5.96. The van der Waals surface area contributed by atoms with E-state index in [1.54, 1.807) is 13.2 Å². The predicted molar refractivity (Wildman–Crippen MR) is 74.7 cm³/mol. The van der Waals surface area contributed by atoms with Crippen LogP contribution in [-0.4, -0.2) is 12.1 Å². The molecule has 94 valence electrons. The molecular weight excluding hydrogens is 250 g/mol. The summed E-state index contributed by atoms with van der Waals surface area (Å²) in [5.41, 5.74) is 8.04. The van der Waals surface area contributed by atoms with Crippen LogP contribution in [0.4, 0.5) is 17.2 Å². The van der Waals surface area contributed by atoms with Crippen molar-refractivity contribution >= 4 is 28.8 Å². The first-order chi connectivity index (χ1) is 8.60. The Morgan fingerprint density at radius 2 is 2.06 bits per heavy atom. The number of methoxy groups -OCH3 is 1. The Kier molecular flexibility index (Phi) is 3.58. The van der Waals surface area contributed by atoms with Gasteiger partial charge in [-0.1, -0.05) is 11.6 Å². The van der Waals surface area contributed by atoms with E-state index in [0.29, 0.717) is 16.5 Å². The largest absolute Gasteiger partial charge is 0.495 e. The standard InChI is InChI=1S/C13H14ClN3O/c1-8-11(15)5-6-13(16-8)17-9-3-4-10(14)12(7-9)18-2/h3-7H,15H2,1-2H3,(H,16,17). The van der Waals surface area contributed by atoms with Crippen molar-refractivity contribution in [2.75, 3.05) is 18.2 Å². The number of rotatable bonds is 3. The number of hydrogen-bond acceptors (Lipinski definition) is 4. The Balaban J connectivity index is 2.25. The summed E-state index contributed by atoms with van der Waals surface area (Å²) in [5.74, 6) is 1.35. The monoisotopic (exact) mass is 263 g/mol. The zero-order valence-electron chi connectivity index (χ0n) is 10.2. The highest BCUT2D eigenvalue weighted by molar-refractivity contribution is 6.32. The molecule has 0 radical (unpaired) electrons. The second-order valence-corrected chi connectivity index (χ2v) is 4.25. The summed E-state index contributed by atoms with van der Waals surface area (Å²) in [6.45, 7) is 1.86. The Labute approximate surface area is 111 Å². The molecule has 2 rings (SSSR count). The number of nitrogens with two attached hydrogens (primary N) is 1. The molecule has 0 saturated carbocycles. The molecule has 0 spiro atoms. The summed E-state index contributed by atoms with van der Waals surface area (Å²) in [7, 11) is 1.58. The quantitative estimate of drug-likeness (QED) is 0.891. The molecule has 18 heavy (non-hydrogen) atoms. The molecule has 0 aliphatic rings. The van der Waals surface area contributed by atoms with Gasteiger partial charge in [-0.2, -0.15) is 0 Å². The lowest BCUT2D eigenvalue weighted by Gasteiger charge is -2.09. The molecule has 0 atom stereocenters.